The smallest absolute Gasteiger partial charge is 0.162 e. The maximum atomic E-state index is 6.29. The summed E-state index contributed by atoms with van der Waals surface area (Å²) in [4.78, 5) is 1.19. The first-order chi connectivity index (χ1) is 10.1. The Labute approximate surface area is 130 Å². The minimum atomic E-state index is -0.147. The van der Waals surface area contributed by atoms with Crippen molar-refractivity contribution in [2.75, 3.05) is 7.11 Å². The van der Waals surface area contributed by atoms with E-state index in [4.69, 9.17) is 15.2 Å². The van der Waals surface area contributed by atoms with Crippen molar-refractivity contribution < 1.29 is 9.47 Å². The number of hydrogen-bond acceptors (Lipinski definition) is 4. The fourth-order valence-electron chi connectivity index (χ4n) is 2.23. The fourth-order valence-corrected chi connectivity index (χ4v) is 3.26. The van der Waals surface area contributed by atoms with Crippen LogP contribution in [0, 0.1) is 13.8 Å². The summed E-state index contributed by atoms with van der Waals surface area (Å²) in [6, 6.07) is 8.00. The first-order valence-electron chi connectivity index (χ1n) is 7.17. The number of rotatable bonds is 6. The molecule has 0 bridgehead atoms. The molecule has 0 radical (unpaired) electrons. The van der Waals surface area contributed by atoms with Crippen LogP contribution < -0.4 is 15.2 Å². The molecule has 0 saturated carbocycles. The summed E-state index contributed by atoms with van der Waals surface area (Å²) in [6.07, 6.45) is 0.711. The first-order valence-corrected chi connectivity index (χ1v) is 8.05. The van der Waals surface area contributed by atoms with Crippen molar-refractivity contribution in [2.24, 2.45) is 5.73 Å². The van der Waals surface area contributed by atoms with E-state index in [1.165, 1.54) is 10.4 Å². The van der Waals surface area contributed by atoms with Crippen molar-refractivity contribution in [3.63, 3.8) is 0 Å². The van der Waals surface area contributed by atoms with Crippen LogP contribution in [-0.4, -0.2) is 13.2 Å². The van der Waals surface area contributed by atoms with E-state index >= 15 is 0 Å². The number of ether oxygens (including phenoxy) is 2. The predicted molar refractivity (Wildman–Crippen MR) is 88.4 cm³/mol. The van der Waals surface area contributed by atoms with Gasteiger partial charge in [-0.25, -0.2) is 0 Å². The summed E-state index contributed by atoms with van der Waals surface area (Å²) in [5, 5.41) is 2.08. The summed E-state index contributed by atoms with van der Waals surface area (Å²) in [7, 11) is 1.66. The van der Waals surface area contributed by atoms with Gasteiger partial charge in [-0.2, -0.15) is 0 Å². The molecule has 4 heteroatoms. The zero-order chi connectivity index (χ0) is 15.4. The third-order valence-corrected chi connectivity index (χ3v) is 4.67. The Morgan fingerprint density at radius 1 is 1.19 bits per heavy atom. The van der Waals surface area contributed by atoms with Crippen LogP contribution in [0.5, 0.6) is 11.5 Å². The molecular weight excluding hydrogens is 282 g/mol. The molecule has 114 valence electrons. The third-order valence-electron chi connectivity index (χ3n) is 3.59. The topological polar surface area (TPSA) is 44.5 Å². The molecule has 2 aromatic rings. The Morgan fingerprint density at radius 2 is 1.95 bits per heavy atom. The second kappa shape index (κ2) is 6.96. The van der Waals surface area contributed by atoms with Crippen molar-refractivity contribution in [3.8, 4) is 11.5 Å². The lowest BCUT2D eigenvalue weighted by molar-refractivity contribution is 0.167. The van der Waals surface area contributed by atoms with Gasteiger partial charge in [0.05, 0.1) is 7.11 Å². The van der Waals surface area contributed by atoms with Crippen LogP contribution in [0.4, 0.5) is 0 Å². The Balaban J connectivity index is 2.34. The summed E-state index contributed by atoms with van der Waals surface area (Å²) < 4.78 is 11.7. The van der Waals surface area contributed by atoms with Crippen LogP contribution in [-0.2, 0) is 0 Å². The zero-order valence-corrected chi connectivity index (χ0v) is 13.9. The molecule has 0 aliphatic heterocycles. The molecular formula is C17H23NO2S. The van der Waals surface area contributed by atoms with E-state index in [1.807, 2.05) is 25.1 Å². The Hall–Kier alpha value is -1.52. The quantitative estimate of drug-likeness (QED) is 0.868. The Kier molecular flexibility index (Phi) is 5.26. The van der Waals surface area contributed by atoms with Gasteiger partial charge >= 0.3 is 0 Å². The minimum Gasteiger partial charge on any atom is -0.493 e. The van der Waals surface area contributed by atoms with Gasteiger partial charge in [-0.3, -0.25) is 0 Å². The molecule has 1 heterocycles. The zero-order valence-electron chi connectivity index (χ0n) is 13.1. The molecule has 0 aliphatic carbocycles. The van der Waals surface area contributed by atoms with Gasteiger partial charge in [0.25, 0.3) is 0 Å². The highest BCUT2D eigenvalue weighted by Gasteiger charge is 2.24. The normalized spacial score (nSPS) is 13.8. The fraction of sp³-hybridized carbons (Fsp3) is 0.412. The molecule has 0 spiro atoms. The van der Waals surface area contributed by atoms with Gasteiger partial charge in [0.1, 0.15) is 6.10 Å². The van der Waals surface area contributed by atoms with Crippen LogP contribution in [0.2, 0.25) is 0 Å². The van der Waals surface area contributed by atoms with E-state index in [9.17, 15) is 0 Å². The van der Waals surface area contributed by atoms with Gasteiger partial charge in [-0.15, -0.1) is 11.3 Å². The van der Waals surface area contributed by atoms with E-state index in [0.717, 1.165) is 23.5 Å². The molecule has 2 rings (SSSR count). The van der Waals surface area contributed by atoms with E-state index in [0.29, 0.717) is 0 Å². The lowest BCUT2D eigenvalue weighted by Crippen LogP contribution is -2.31. The van der Waals surface area contributed by atoms with Gasteiger partial charge in [-0.05, 0) is 55.0 Å². The average Bonchev–Trinajstić information content (AvgIpc) is 2.91. The highest BCUT2D eigenvalue weighted by atomic mass is 32.1. The average molecular weight is 305 g/mol. The number of methoxy groups -OCH3 is 1. The molecule has 3 nitrogen and oxygen atoms in total. The van der Waals surface area contributed by atoms with Gasteiger partial charge in [-0.1, -0.05) is 13.0 Å². The van der Waals surface area contributed by atoms with Gasteiger partial charge in [0.15, 0.2) is 11.5 Å². The molecule has 21 heavy (non-hydrogen) atoms. The number of aryl methyl sites for hydroxylation is 2. The van der Waals surface area contributed by atoms with Gasteiger partial charge in [0, 0.05) is 10.9 Å². The number of benzene rings is 1. The van der Waals surface area contributed by atoms with Crippen molar-refractivity contribution in [1.29, 1.82) is 0 Å². The molecule has 2 N–H and O–H groups in total. The second-order valence-corrected chi connectivity index (χ2v) is 6.18. The number of nitrogens with two attached hydrogens (primary N) is 1. The van der Waals surface area contributed by atoms with Crippen LogP contribution in [0.15, 0.2) is 29.6 Å². The maximum absolute atomic E-state index is 6.29. The summed E-state index contributed by atoms with van der Waals surface area (Å²) >= 11 is 1.69. The van der Waals surface area contributed by atoms with Crippen molar-refractivity contribution in [2.45, 2.75) is 39.3 Å². The van der Waals surface area contributed by atoms with E-state index < -0.39 is 0 Å². The maximum Gasteiger partial charge on any atom is 0.162 e. The molecule has 0 aliphatic rings. The number of thiophene rings is 1. The minimum absolute atomic E-state index is 0.0478. The van der Waals surface area contributed by atoms with Crippen molar-refractivity contribution in [3.05, 3.63) is 45.6 Å². The molecule has 2 atom stereocenters. The van der Waals surface area contributed by atoms with E-state index in [-0.39, 0.29) is 12.1 Å². The molecule has 0 saturated heterocycles. The lowest BCUT2D eigenvalue weighted by atomic mass is 10.1. The summed E-state index contributed by atoms with van der Waals surface area (Å²) in [6.45, 7) is 6.21. The van der Waals surface area contributed by atoms with Gasteiger partial charge in [0.2, 0.25) is 0 Å². The molecule has 2 unspecified atom stereocenters. The molecule has 1 aromatic heterocycles. The van der Waals surface area contributed by atoms with Crippen molar-refractivity contribution >= 4 is 11.3 Å². The SMILES string of the molecule is CCC(N)C(Oc1ccc(C)cc1OC)c1sccc1C. The highest BCUT2D eigenvalue weighted by molar-refractivity contribution is 7.10. The lowest BCUT2D eigenvalue weighted by Gasteiger charge is -2.25. The van der Waals surface area contributed by atoms with Crippen molar-refractivity contribution in [1.82, 2.24) is 0 Å². The van der Waals surface area contributed by atoms with Crippen LogP contribution in [0.1, 0.15) is 35.5 Å². The standard InChI is InChI=1S/C17H23NO2S/c1-5-13(18)16(17-12(3)8-9-21-17)20-14-7-6-11(2)10-15(14)19-4/h6-10,13,16H,5,18H2,1-4H3. The van der Waals surface area contributed by atoms with Gasteiger partial charge < -0.3 is 15.2 Å². The molecule has 0 amide bonds. The van der Waals surface area contributed by atoms with E-state index in [2.05, 4.69) is 25.3 Å². The first kappa shape index (κ1) is 15.9. The largest absolute Gasteiger partial charge is 0.493 e. The summed E-state index contributed by atoms with van der Waals surface area (Å²) in [5.74, 6) is 1.49. The van der Waals surface area contributed by atoms with Crippen LogP contribution >= 0.6 is 11.3 Å². The van der Waals surface area contributed by atoms with Crippen LogP contribution in [0.3, 0.4) is 0 Å². The van der Waals surface area contributed by atoms with Crippen LogP contribution in [0.25, 0.3) is 0 Å². The monoisotopic (exact) mass is 305 g/mol. The molecule has 0 fully saturated rings. The predicted octanol–water partition coefficient (Wildman–Crippen LogP) is 4.23. The molecule has 1 aromatic carbocycles. The third kappa shape index (κ3) is 3.57. The number of hydrogen-bond donors (Lipinski definition) is 1. The second-order valence-electron chi connectivity index (χ2n) is 5.23. The van der Waals surface area contributed by atoms with E-state index in [1.54, 1.807) is 18.4 Å². The Bertz CT molecular complexity index is 594. The highest BCUT2D eigenvalue weighted by Crippen LogP contribution is 2.36. The Morgan fingerprint density at radius 3 is 2.52 bits per heavy atom. The summed E-state index contributed by atoms with van der Waals surface area (Å²) in [5.41, 5.74) is 8.65.